The summed E-state index contributed by atoms with van der Waals surface area (Å²) in [5, 5.41) is 3.04. The smallest absolute Gasteiger partial charge is 0.306 e. The largest absolute Gasteiger partial charge is 0.466 e. The Balaban J connectivity index is 2.19. The summed E-state index contributed by atoms with van der Waals surface area (Å²) in [5.74, 6) is -0.307. The normalized spacial score (nSPS) is 17.6. The lowest BCUT2D eigenvalue weighted by atomic mass is 9.96. The quantitative estimate of drug-likeness (QED) is 0.768. The Hall–Kier alpha value is -1.06. The van der Waals surface area contributed by atoms with Crippen molar-refractivity contribution in [1.29, 1.82) is 0 Å². The molecule has 1 aliphatic rings. The van der Waals surface area contributed by atoms with E-state index in [0.717, 1.165) is 12.8 Å². The molecule has 1 rings (SSSR count). The molecule has 4 nitrogen and oxygen atoms in total. The number of hydrogen-bond donors (Lipinski definition) is 1. The van der Waals surface area contributed by atoms with Crippen molar-refractivity contribution in [2.24, 2.45) is 0 Å². The maximum Gasteiger partial charge on any atom is 0.306 e. The van der Waals surface area contributed by atoms with Gasteiger partial charge in [0.2, 0.25) is 5.91 Å². The van der Waals surface area contributed by atoms with Gasteiger partial charge >= 0.3 is 5.97 Å². The van der Waals surface area contributed by atoms with Crippen molar-refractivity contribution in [2.75, 3.05) is 6.61 Å². The number of carbonyl (C=O) groups excluding carboxylic acids is 2. The highest BCUT2D eigenvalue weighted by molar-refractivity contribution is 5.81. The Morgan fingerprint density at radius 2 is 1.67 bits per heavy atom. The summed E-state index contributed by atoms with van der Waals surface area (Å²) < 4.78 is 4.80. The lowest BCUT2D eigenvalue weighted by molar-refractivity contribution is -0.144. The number of ether oxygens (including phenoxy) is 1. The molecule has 1 saturated carbocycles. The van der Waals surface area contributed by atoms with E-state index in [0.29, 0.717) is 12.6 Å². The van der Waals surface area contributed by atoms with Crippen molar-refractivity contribution >= 4 is 11.9 Å². The third kappa shape index (κ3) is 6.62. The molecule has 0 aromatic heterocycles. The van der Waals surface area contributed by atoms with Crippen LogP contribution in [0.4, 0.5) is 0 Å². The summed E-state index contributed by atoms with van der Waals surface area (Å²) in [6.45, 7) is 2.15. The first-order valence-electron chi connectivity index (χ1n) is 7.17. The van der Waals surface area contributed by atoms with E-state index >= 15 is 0 Å². The van der Waals surface area contributed by atoms with Crippen molar-refractivity contribution in [3.8, 4) is 0 Å². The van der Waals surface area contributed by atoms with Crippen LogP contribution in [0.5, 0.6) is 0 Å². The van der Waals surface area contributed by atoms with Crippen LogP contribution in [0, 0.1) is 0 Å². The lowest BCUT2D eigenvalue weighted by Gasteiger charge is -2.20. The molecular formula is C14H25NO3. The topological polar surface area (TPSA) is 55.4 Å². The minimum absolute atomic E-state index is 0.0198. The van der Waals surface area contributed by atoms with E-state index in [1.165, 1.54) is 32.1 Å². The monoisotopic (exact) mass is 255 g/mol. The molecule has 0 saturated heterocycles. The van der Waals surface area contributed by atoms with Gasteiger partial charge in [-0.05, 0) is 19.8 Å². The molecule has 0 aromatic carbocycles. The maximum atomic E-state index is 11.7. The first kappa shape index (κ1) is 15.0. The predicted octanol–water partition coefficient (Wildman–Crippen LogP) is 2.56. The van der Waals surface area contributed by atoms with Crippen LogP contribution in [-0.2, 0) is 14.3 Å². The summed E-state index contributed by atoms with van der Waals surface area (Å²) in [7, 11) is 0. The fourth-order valence-corrected chi connectivity index (χ4v) is 2.35. The zero-order valence-corrected chi connectivity index (χ0v) is 11.4. The van der Waals surface area contributed by atoms with Crippen LogP contribution < -0.4 is 5.32 Å². The highest BCUT2D eigenvalue weighted by atomic mass is 16.5. The fourth-order valence-electron chi connectivity index (χ4n) is 2.35. The van der Waals surface area contributed by atoms with E-state index in [9.17, 15) is 9.59 Å². The molecule has 18 heavy (non-hydrogen) atoms. The van der Waals surface area contributed by atoms with Crippen LogP contribution in [0.2, 0.25) is 0 Å². The first-order chi connectivity index (χ1) is 8.72. The molecule has 0 radical (unpaired) electrons. The highest BCUT2D eigenvalue weighted by Crippen LogP contribution is 2.17. The van der Waals surface area contributed by atoms with Gasteiger partial charge in [-0.25, -0.2) is 0 Å². The van der Waals surface area contributed by atoms with Crippen molar-refractivity contribution in [2.45, 2.75) is 70.8 Å². The number of amides is 1. The molecular weight excluding hydrogens is 230 g/mol. The number of carbonyl (C=O) groups is 2. The third-order valence-corrected chi connectivity index (χ3v) is 3.33. The Kier molecular flexibility index (Phi) is 7.46. The molecule has 0 bridgehead atoms. The number of hydrogen-bond acceptors (Lipinski definition) is 3. The van der Waals surface area contributed by atoms with E-state index in [1.54, 1.807) is 6.92 Å². The Bertz CT molecular complexity index is 258. The summed E-state index contributed by atoms with van der Waals surface area (Å²) in [6.07, 6.45) is 8.84. The van der Waals surface area contributed by atoms with Crippen LogP contribution in [0.25, 0.3) is 0 Å². The third-order valence-electron chi connectivity index (χ3n) is 3.33. The van der Waals surface area contributed by atoms with Gasteiger partial charge in [0.1, 0.15) is 0 Å². The second-order valence-corrected chi connectivity index (χ2v) is 4.91. The average molecular weight is 255 g/mol. The van der Waals surface area contributed by atoms with Gasteiger partial charge in [0, 0.05) is 12.5 Å². The molecule has 0 unspecified atom stereocenters. The SMILES string of the molecule is CCOC(=O)CCC(=O)NC1CCCCCCC1. The molecule has 1 aliphatic carbocycles. The van der Waals surface area contributed by atoms with Gasteiger partial charge in [-0.2, -0.15) is 0 Å². The van der Waals surface area contributed by atoms with Crippen molar-refractivity contribution in [3.05, 3.63) is 0 Å². The molecule has 0 aliphatic heterocycles. The summed E-state index contributed by atoms with van der Waals surface area (Å²) in [4.78, 5) is 22.8. The van der Waals surface area contributed by atoms with Crippen LogP contribution in [-0.4, -0.2) is 24.5 Å². The number of esters is 1. The summed E-state index contributed by atoms with van der Waals surface area (Å²) >= 11 is 0. The van der Waals surface area contributed by atoms with E-state index in [2.05, 4.69) is 5.32 Å². The maximum absolute atomic E-state index is 11.7. The van der Waals surface area contributed by atoms with Gasteiger partial charge in [0.15, 0.2) is 0 Å². The standard InChI is InChI=1S/C14H25NO3/c1-2-18-14(17)11-10-13(16)15-12-8-6-4-3-5-7-9-12/h12H,2-11H2,1H3,(H,15,16). The van der Waals surface area contributed by atoms with E-state index in [4.69, 9.17) is 4.74 Å². The van der Waals surface area contributed by atoms with Gasteiger partial charge in [-0.15, -0.1) is 0 Å². The Labute approximate surface area is 109 Å². The lowest BCUT2D eigenvalue weighted by Crippen LogP contribution is -2.35. The van der Waals surface area contributed by atoms with Crippen LogP contribution >= 0.6 is 0 Å². The number of rotatable bonds is 5. The van der Waals surface area contributed by atoms with Crippen molar-refractivity contribution in [1.82, 2.24) is 5.32 Å². The highest BCUT2D eigenvalue weighted by Gasteiger charge is 2.14. The molecule has 0 atom stereocenters. The van der Waals surface area contributed by atoms with Crippen molar-refractivity contribution < 1.29 is 14.3 Å². The van der Waals surface area contributed by atoms with Crippen molar-refractivity contribution in [3.63, 3.8) is 0 Å². The average Bonchev–Trinajstić information content (AvgIpc) is 2.30. The van der Waals surface area contributed by atoms with Gasteiger partial charge in [0.25, 0.3) is 0 Å². The fraction of sp³-hybridized carbons (Fsp3) is 0.857. The van der Waals surface area contributed by atoms with Gasteiger partial charge < -0.3 is 10.1 Å². The van der Waals surface area contributed by atoms with Gasteiger partial charge in [-0.3, -0.25) is 9.59 Å². The molecule has 104 valence electrons. The molecule has 0 spiro atoms. The molecule has 0 aromatic rings. The second-order valence-electron chi connectivity index (χ2n) is 4.91. The van der Waals surface area contributed by atoms with Crippen LogP contribution in [0.3, 0.4) is 0 Å². The molecule has 0 heterocycles. The summed E-state index contributed by atoms with van der Waals surface area (Å²) in [6, 6.07) is 0.306. The first-order valence-corrected chi connectivity index (χ1v) is 7.17. The number of nitrogens with one attached hydrogen (secondary N) is 1. The Morgan fingerprint density at radius 1 is 1.06 bits per heavy atom. The van der Waals surface area contributed by atoms with E-state index < -0.39 is 0 Å². The summed E-state index contributed by atoms with van der Waals surface area (Å²) in [5.41, 5.74) is 0. The Morgan fingerprint density at radius 3 is 2.28 bits per heavy atom. The van der Waals surface area contributed by atoms with Crippen LogP contribution in [0.1, 0.15) is 64.7 Å². The predicted molar refractivity (Wildman–Crippen MR) is 70.1 cm³/mol. The minimum Gasteiger partial charge on any atom is -0.466 e. The molecule has 4 heteroatoms. The molecule has 1 fully saturated rings. The van der Waals surface area contributed by atoms with E-state index in [-0.39, 0.29) is 24.7 Å². The second kappa shape index (κ2) is 8.95. The van der Waals surface area contributed by atoms with E-state index in [1.807, 2.05) is 0 Å². The van der Waals surface area contributed by atoms with Crippen LogP contribution in [0.15, 0.2) is 0 Å². The zero-order valence-electron chi connectivity index (χ0n) is 11.4. The van der Waals surface area contributed by atoms with Gasteiger partial charge in [-0.1, -0.05) is 32.1 Å². The van der Waals surface area contributed by atoms with Gasteiger partial charge in [0.05, 0.1) is 13.0 Å². The minimum atomic E-state index is -0.287. The molecule has 1 amide bonds. The zero-order chi connectivity index (χ0) is 13.2. The molecule has 1 N–H and O–H groups in total.